The number of aliphatic hydroxyl groups is 1. The van der Waals surface area contributed by atoms with Crippen LogP contribution < -0.4 is 0 Å². The molecule has 8 heteroatoms. The van der Waals surface area contributed by atoms with Gasteiger partial charge in [-0.15, -0.1) is 23.2 Å². The Labute approximate surface area is 173 Å². The fraction of sp³-hybridized carbons (Fsp3) is 0.524. The number of carbonyl (C=O) groups is 2. The van der Waals surface area contributed by atoms with Crippen molar-refractivity contribution in [3.05, 3.63) is 34.0 Å². The fourth-order valence-electron chi connectivity index (χ4n) is 3.13. The average molecular weight is 425 g/mol. The molecule has 1 fully saturated rings. The molecule has 158 valence electrons. The molecule has 0 spiro atoms. The van der Waals surface area contributed by atoms with E-state index in [2.05, 4.69) is 11.8 Å². The van der Waals surface area contributed by atoms with Crippen molar-refractivity contribution in [3.63, 3.8) is 0 Å². The molecule has 5 nitrogen and oxygen atoms in total. The first kappa shape index (κ1) is 23.0. The van der Waals surface area contributed by atoms with Crippen LogP contribution in [-0.2, 0) is 11.2 Å². The van der Waals surface area contributed by atoms with E-state index in [0.717, 1.165) is 21.1 Å². The highest BCUT2D eigenvalue weighted by atomic mass is 32.1. The minimum Gasteiger partial charge on any atom is -0.477 e. The number of thiophene rings is 1. The summed E-state index contributed by atoms with van der Waals surface area (Å²) < 4.78 is 27.9. The lowest BCUT2D eigenvalue weighted by molar-refractivity contribution is -0.148. The molecule has 1 aromatic rings. The van der Waals surface area contributed by atoms with E-state index in [0.29, 0.717) is 19.3 Å². The van der Waals surface area contributed by atoms with Crippen molar-refractivity contribution in [3.8, 4) is 11.8 Å². The maximum absolute atomic E-state index is 14.0. The second-order valence-corrected chi connectivity index (χ2v) is 8.30. The van der Waals surface area contributed by atoms with E-state index >= 15 is 0 Å². The molecular formula is C21H25F2NO4S. The number of halogens is 2. The lowest BCUT2D eigenvalue weighted by atomic mass is 10.00. The zero-order chi connectivity index (χ0) is 21.6. The quantitative estimate of drug-likeness (QED) is 0.468. The van der Waals surface area contributed by atoms with Gasteiger partial charge >= 0.3 is 11.9 Å². The van der Waals surface area contributed by atoms with Crippen molar-refractivity contribution < 1.29 is 28.6 Å². The molecule has 2 N–H and O–H groups in total. The van der Waals surface area contributed by atoms with Crippen LogP contribution in [0.4, 0.5) is 8.78 Å². The number of hydrogen-bond acceptors (Lipinski definition) is 4. The van der Waals surface area contributed by atoms with Crippen molar-refractivity contribution in [2.24, 2.45) is 5.92 Å². The summed E-state index contributed by atoms with van der Waals surface area (Å²) in [6, 6.07) is 2.42. The Morgan fingerprint density at radius 2 is 2.21 bits per heavy atom. The lowest BCUT2D eigenvalue weighted by Gasteiger charge is -2.22. The van der Waals surface area contributed by atoms with Gasteiger partial charge in [0.2, 0.25) is 0 Å². The summed E-state index contributed by atoms with van der Waals surface area (Å²) in [5, 5.41) is 19.1. The molecule has 0 radical (unpaired) electrons. The van der Waals surface area contributed by atoms with E-state index < -0.39 is 36.4 Å². The van der Waals surface area contributed by atoms with E-state index in [1.54, 1.807) is 13.0 Å². The minimum absolute atomic E-state index is 0.136. The molecule has 2 rings (SSSR count). The van der Waals surface area contributed by atoms with Crippen LogP contribution in [0.3, 0.4) is 0 Å². The molecule has 1 aliphatic rings. The van der Waals surface area contributed by atoms with Crippen molar-refractivity contribution in [2.45, 2.75) is 57.6 Å². The largest absolute Gasteiger partial charge is 0.477 e. The third kappa shape index (κ3) is 6.12. The summed E-state index contributed by atoms with van der Waals surface area (Å²) in [7, 11) is 0. The minimum atomic E-state index is -3.42. The number of carbonyl (C=O) groups excluding carboxylic acids is 1. The molecule has 1 saturated heterocycles. The number of rotatable bonds is 9. The van der Waals surface area contributed by atoms with Crippen molar-refractivity contribution in [1.29, 1.82) is 0 Å². The highest BCUT2D eigenvalue weighted by Crippen LogP contribution is 2.34. The number of aryl methyl sites for hydroxylation is 1. The summed E-state index contributed by atoms with van der Waals surface area (Å²) >= 11 is 1.14. The van der Waals surface area contributed by atoms with E-state index in [1.807, 2.05) is 6.92 Å². The van der Waals surface area contributed by atoms with Crippen molar-refractivity contribution in [1.82, 2.24) is 4.90 Å². The Kier molecular flexibility index (Phi) is 7.94. The number of carboxylic acids is 1. The summed E-state index contributed by atoms with van der Waals surface area (Å²) in [5.41, 5.74) is 0. The molecule has 0 aliphatic carbocycles. The molecule has 3 atom stereocenters. The number of amides is 1. The van der Waals surface area contributed by atoms with E-state index in [4.69, 9.17) is 5.11 Å². The standard InChI is InChI=1S/C21H25F2NO4S/c1-3-4-6-14(2)17(25)10-8-15-13-21(22,23)20(28)24(15)12-5-7-16-9-11-18(29-16)19(26)27/h8-11,14-15,17,25H,5-7,12-13H2,1-2H3,(H,26,27)/t14-,15-,17+/m0/s1. The third-order valence-corrected chi connectivity index (χ3v) is 5.98. The van der Waals surface area contributed by atoms with Crippen LogP contribution in [0.1, 0.15) is 47.7 Å². The Bertz CT molecular complexity index is 824. The molecule has 0 saturated carbocycles. The second-order valence-electron chi connectivity index (χ2n) is 7.13. The number of likely N-dealkylation sites (tertiary alicyclic amines) is 1. The second kappa shape index (κ2) is 9.99. The van der Waals surface area contributed by atoms with Gasteiger partial charge in [0.1, 0.15) is 4.88 Å². The smallest absolute Gasteiger partial charge is 0.345 e. The van der Waals surface area contributed by atoms with Crippen LogP contribution in [0.15, 0.2) is 24.3 Å². The van der Waals surface area contributed by atoms with Crippen LogP contribution in [0, 0.1) is 17.8 Å². The van der Waals surface area contributed by atoms with Gasteiger partial charge in [0.15, 0.2) is 0 Å². The molecular weight excluding hydrogens is 400 g/mol. The van der Waals surface area contributed by atoms with Crippen LogP contribution in [0.5, 0.6) is 0 Å². The molecule has 1 aromatic heterocycles. The van der Waals surface area contributed by atoms with Gasteiger partial charge in [-0.05, 0) is 37.8 Å². The predicted molar refractivity (Wildman–Crippen MR) is 107 cm³/mol. The Hall–Kier alpha value is -2.24. The van der Waals surface area contributed by atoms with Crippen LogP contribution >= 0.6 is 11.3 Å². The topological polar surface area (TPSA) is 77.8 Å². The molecule has 1 amide bonds. The Balaban J connectivity index is 1.98. The highest BCUT2D eigenvalue weighted by Gasteiger charge is 2.52. The van der Waals surface area contributed by atoms with Gasteiger partial charge in [-0.25, -0.2) is 4.79 Å². The van der Waals surface area contributed by atoms with Gasteiger partial charge in [0, 0.05) is 24.3 Å². The zero-order valence-electron chi connectivity index (χ0n) is 16.4. The van der Waals surface area contributed by atoms with Gasteiger partial charge in [-0.1, -0.05) is 19.1 Å². The number of hydrogen-bond donors (Lipinski definition) is 2. The normalized spacial score (nSPS) is 20.5. The first-order valence-corrected chi connectivity index (χ1v) is 10.2. The molecule has 2 heterocycles. The van der Waals surface area contributed by atoms with Gasteiger partial charge in [-0.3, -0.25) is 4.79 Å². The third-order valence-electron chi connectivity index (χ3n) is 4.85. The van der Waals surface area contributed by atoms with Crippen LogP contribution in [-0.4, -0.2) is 51.6 Å². The van der Waals surface area contributed by atoms with E-state index in [9.17, 15) is 23.5 Å². The molecule has 1 aliphatic heterocycles. The highest BCUT2D eigenvalue weighted by molar-refractivity contribution is 7.13. The molecule has 29 heavy (non-hydrogen) atoms. The van der Waals surface area contributed by atoms with E-state index in [-0.39, 0.29) is 17.3 Å². The SMILES string of the molecule is CC#CC[C@H](C)[C@H](O)C=C[C@H]1CC(F)(F)C(=O)N1CCCc1ccc(C(=O)O)s1. The Morgan fingerprint density at radius 3 is 2.83 bits per heavy atom. The van der Waals surface area contributed by atoms with Crippen LogP contribution in [0.25, 0.3) is 0 Å². The van der Waals surface area contributed by atoms with Gasteiger partial charge < -0.3 is 15.1 Å². The lowest BCUT2D eigenvalue weighted by Crippen LogP contribution is -2.36. The summed E-state index contributed by atoms with van der Waals surface area (Å²) in [4.78, 5) is 25.2. The summed E-state index contributed by atoms with van der Waals surface area (Å²) in [6.45, 7) is 3.66. The molecule has 0 bridgehead atoms. The number of nitrogens with zero attached hydrogens (tertiary/aromatic N) is 1. The van der Waals surface area contributed by atoms with E-state index in [1.165, 1.54) is 18.2 Å². The number of aliphatic hydroxyl groups excluding tert-OH is 1. The molecule has 0 aromatic carbocycles. The van der Waals surface area contributed by atoms with Crippen molar-refractivity contribution >= 4 is 23.2 Å². The van der Waals surface area contributed by atoms with Gasteiger partial charge in [0.25, 0.3) is 5.91 Å². The van der Waals surface area contributed by atoms with Gasteiger partial charge in [-0.2, -0.15) is 8.78 Å². The number of alkyl halides is 2. The monoisotopic (exact) mass is 425 g/mol. The summed E-state index contributed by atoms with van der Waals surface area (Å²) in [6.07, 6.45) is 2.93. The number of carboxylic acid groups (broad SMARTS) is 1. The predicted octanol–water partition coefficient (Wildman–Crippen LogP) is 3.58. The maximum atomic E-state index is 14.0. The zero-order valence-corrected chi connectivity index (χ0v) is 17.2. The average Bonchev–Trinajstić information content (AvgIpc) is 3.22. The number of aromatic carboxylic acids is 1. The summed E-state index contributed by atoms with van der Waals surface area (Å²) in [5.74, 6) is -0.147. The Morgan fingerprint density at radius 1 is 1.48 bits per heavy atom. The maximum Gasteiger partial charge on any atom is 0.345 e. The first-order chi connectivity index (χ1) is 13.7. The molecule has 0 unspecified atom stereocenters. The van der Waals surface area contributed by atoms with Crippen molar-refractivity contribution in [2.75, 3.05) is 6.54 Å². The van der Waals surface area contributed by atoms with Gasteiger partial charge in [0.05, 0.1) is 12.1 Å². The van der Waals surface area contributed by atoms with Crippen LogP contribution in [0.2, 0.25) is 0 Å². The first-order valence-electron chi connectivity index (χ1n) is 9.42. The fourth-order valence-corrected chi connectivity index (χ4v) is 4.01.